The van der Waals surface area contributed by atoms with Gasteiger partial charge in [-0.2, -0.15) is 0 Å². The van der Waals surface area contributed by atoms with E-state index in [2.05, 4.69) is 42.6 Å². The topological polar surface area (TPSA) is 41.6 Å². The van der Waals surface area contributed by atoms with Gasteiger partial charge < -0.3 is 15.0 Å². The van der Waals surface area contributed by atoms with Crippen molar-refractivity contribution in [3.63, 3.8) is 0 Å². The lowest BCUT2D eigenvalue weighted by atomic mass is 9.87. The SMILES string of the molecule is CCCNCCC(=O)N1CCc2ccccc2C1c1ccccc1OC. The monoisotopic (exact) mass is 352 g/mol. The minimum absolute atomic E-state index is 0.0882. The molecule has 4 heteroatoms. The maximum atomic E-state index is 13.0. The number of hydrogen-bond acceptors (Lipinski definition) is 3. The third-order valence-corrected chi connectivity index (χ3v) is 4.98. The lowest BCUT2D eigenvalue weighted by molar-refractivity contribution is -0.133. The Morgan fingerprint density at radius 3 is 2.62 bits per heavy atom. The Morgan fingerprint density at radius 2 is 1.85 bits per heavy atom. The van der Waals surface area contributed by atoms with E-state index in [1.165, 1.54) is 11.1 Å². The van der Waals surface area contributed by atoms with Crippen molar-refractivity contribution in [1.29, 1.82) is 0 Å². The molecule has 2 aromatic carbocycles. The molecule has 0 spiro atoms. The molecule has 4 nitrogen and oxygen atoms in total. The predicted molar refractivity (Wildman–Crippen MR) is 104 cm³/mol. The molecule has 1 unspecified atom stereocenters. The van der Waals surface area contributed by atoms with Gasteiger partial charge in [0, 0.05) is 25.1 Å². The van der Waals surface area contributed by atoms with Crippen LogP contribution < -0.4 is 10.1 Å². The standard InChI is InChI=1S/C22H28N2O2/c1-3-14-23-15-12-21(25)24-16-13-17-8-4-5-9-18(17)22(24)19-10-6-7-11-20(19)26-2/h4-11,22-23H,3,12-16H2,1-2H3. The first kappa shape index (κ1) is 18.5. The molecule has 0 radical (unpaired) electrons. The maximum absolute atomic E-state index is 13.0. The highest BCUT2D eigenvalue weighted by Gasteiger charge is 2.33. The Kier molecular flexibility index (Phi) is 6.29. The summed E-state index contributed by atoms with van der Waals surface area (Å²) in [5, 5.41) is 3.33. The van der Waals surface area contributed by atoms with Gasteiger partial charge in [-0.15, -0.1) is 0 Å². The average molecular weight is 352 g/mol. The van der Waals surface area contributed by atoms with E-state index in [0.717, 1.165) is 43.8 Å². The lowest BCUT2D eigenvalue weighted by Gasteiger charge is -2.38. The van der Waals surface area contributed by atoms with Crippen LogP contribution in [0.25, 0.3) is 0 Å². The molecule has 1 N–H and O–H groups in total. The molecule has 3 rings (SSSR count). The molecule has 2 aromatic rings. The van der Waals surface area contributed by atoms with Crippen molar-refractivity contribution in [2.24, 2.45) is 0 Å². The van der Waals surface area contributed by atoms with Gasteiger partial charge in [0.25, 0.3) is 0 Å². The molecule has 1 atom stereocenters. The second kappa shape index (κ2) is 8.86. The maximum Gasteiger partial charge on any atom is 0.224 e. The van der Waals surface area contributed by atoms with Crippen molar-refractivity contribution in [2.45, 2.75) is 32.2 Å². The number of para-hydroxylation sites is 1. The Hall–Kier alpha value is -2.33. The summed E-state index contributed by atoms with van der Waals surface area (Å²) in [6, 6.07) is 16.4. The van der Waals surface area contributed by atoms with Crippen LogP contribution in [0.4, 0.5) is 0 Å². The quantitative estimate of drug-likeness (QED) is 0.775. The normalized spacial score (nSPS) is 16.2. The molecule has 0 fully saturated rings. The van der Waals surface area contributed by atoms with Gasteiger partial charge in [-0.3, -0.25) is 4.79 Å². The largest absolute Gasteiger partial charge is 0.496 e. The van der Waals surface area contributed by atoms with Crippen molar-refractivity contribution in [3.8, 4) is 5.75 Å². The van der Waals surface area contributed by atoms with Gasteiger partial charge in [-0.1, -0.05) is 49.4 Å². The minimum atomic E-state index is -0.0882. The van der Waals surface area contributed by atoms with Gasteiger partial charge in [0.15, 0.2) is 0 Å². The van der Waals surface area contributed by atoms with E-state index in [9.17, 15) is 4.79 Å². The fourth-order valence-corrected chi connectivity index (χ4v) is 3.70. The van der Waals surface area contributed by atoms with Gasteiger partial charge in [-0.25, -0.2) is 0 Å². The summed E-state index contributed by atoms with van der Waals surface area (Å²) in [4.78, 5) is 15.0. The van der Waals surface area contributed by atoms with Gasteiger partial charge in [0.1, 0.15) is 5.75 Å². The highest BCUT2D eigenvalue weighted by atomic mass is 16.5. The zero-order valence-corrected chi connectivity index (χ0v) is 15.7. The molecule has 1 amide bonds. The van der Waals surface area contributed by atoms with E-state index in [4.69, 9.17) is 4.74 Å². The molecule has 0 bridgehead atoms. The van der Waals surface area contributed by atoms with Crippen molar-refractivity contribution in [3.05, 3.63) is 65.2 Å². The van der Waals surface area contributed by atoms with E-state index in [1.54, 1.807) is 7.11 Å². The molecule has 0 saturated heterocycles. The molecule has 0 saturated carbocycles. The van der Waals surface area contributed by atoms with E-state index >= 15 is 0 Å². The predicted octanol–water partition coefficient (Wildman–Crippen LogP) is 3.56. The summed E-state index contributed by atoms with van der Waals surface area (Å²) in [5.41, 5.74) is 3.58. The summed E-state index contributed by atoms with van der Waals surface area (Å²) < 4.78 is 5.60. The number of fused-ring (bicyclic) bond motifs is 1. The Bertz CT molecular complexity index is 744. The van der Waals surface area contributed by atoms with Crippen LogP contribution in [-0.4, -0.2) is 37.6 Å². The van der Waals surface area contributed by atoms with E-state index in [1.807, 2.05) is 23.1 Å². The number of hydrogen-bond donors (Lipinski definition) is 1. The number of carbonyl (C=O) groups is 1. The molecule has 1 aliphatic rings. The van der Waals surface area contributed by atoms with Crippen LogP contribution in [0.5, 0.6) is 5.75 Å². The molecular formula is C22H28N2O2. The molecule has 138 valence electrons. The van der Waals surface area contributed by atoms with E-state index in [-0.39, 0.29) is 11.9 Å². The van der Waals surface area contributed by atoms with Gasteiger partial charge in [-0.05, 0) is 36.6 Å². The second-order valence-corrected chi connectivity index (χ2v) is 6.68. The number of methoxy groups -OCH3 is 1. The van der Waals surface area contributed by atoms with Crippen LogP contribution in [0, 0.1) is 0 Å². The number of carbonyl (C=O) groups excluding carboxylic acids is 1. The smallest absolute Gasteiger partial charge is 0.224 e. The third kappa shape index (κ3) is 3.91. The van der Waals surface area contributed by atoms with Crippen molar-refractivity contribution < 1.29 is 9.53 Å². The third-order valence-electron chi connectivity index (χ3n) is 4.98. The summed E-state index contributed by atoms with van der Waals surface area (Å²) in [6.45, 7) is 4.55. The van der Waals surface area contributed by atoms with Crippen LogP contribution in [0.2, 0.25) is 0 Å². The molecule has 26 heavy (non-hydrogen) atoms. The lowest BCUT2D eigenvalue weighted by Crippen LogP contribution is -2.41. The van der Waals surface area contributed by atoms with Crippen LogP contribution >= 0.6 is 0 Å². The first-order valence-corrected chi connectivity index (χ1v) is 9.47. The van der Waals surface area contributed by atoms with Gasteiger partial charge in [0.2, 0.25) is 5.91 Å². The number of nitrogens with one attached hydrogen (secondary N) is 1. The number of ether oxygens (including phenoxy) is 1. The van der Waals surface area contributed by atoms with E-state index < -0.39 is 0 Å². The number of amides is 1. The molecular weight excluding hydrogens is 324 g/mol. The summed E-state index contributed by atoms with van der Waals surface area (Å²) in [6.07, 6.45) is 2.50. The highest BCUT2D eigenvalue weighted by Crippen LogP contribution is 2.39. The molecule has 1 aliphatic heterocycles. The zero-order chi connectivity index (χ0) is 18.4. The summed E-state index contributed by atoms with van der Waals surface area (Å²) >= 11 is 0. The minimum Gasteiger partial charge on any atom is -0.496 e. The van der Waals surface area contributed by atoms with Crippen LogP contribution in [0.3, 0.4) is 0 Å². The van der Waals surface area contributed by atoms with Crippen LogP contribution in [-0.2, 0) is 11.2 Å². The first-order chi connectivity index (χ1) is 12.8. The summed E-state index contributed by atoms with van der Waals surface area (Å²) in [5.74, 6) is 1.02. The highest BCUT2D eigenvalue weighted by molar-refractivity contribution is 5.78. The summed E-state index contributed by atoms with van der Waals surface area (Å²) in [7, 11) is 1.69. The zero-order valence-electron chi connectivity index (χ0n) is 15.7. The van der Waals surface area contributed by atoms with Crippen molar-refractivity contribution in [1.82, 2.24) is 10.2 Å². The van der Waals surface area contributed by atoms with Gasteiger partial charge in [0.05, 0.1) is 13.2 Å². The van der Waals surface area contributed by atoms with Gasteiger partial charge >= 0.3 is 0 Å². The number of nitrogens with zero attached hydrogens (tertiary/aromatic N) is 1. The van der Waals surface area contributed by atoms with Crippen LogP contribution in [0.15, 0.2) is 48.5 Å². The Morgan fingerprint density at radius 1 is 1.12 bits per heavy atom. The second-order valence-electron chi connectivity index (χ2n) is 6.68. The average Bonchev–Trinajstić information content (AvgIpc) is 2.70. The van der Waals surface area contributed by atoms with Crippen LogP contribution in [0.1, 0.15) is 42.5 Å². The fourth-order valence-electron chi connectivity index (χ4n) is 3.70. The molecule has 1 heterocycles. The Labute approximate surface area is 156 Å². The fraction of sp³-hybridized carbons (Fsp3) is 0.409. The Balaban J connectivity index is 1.92. The number of rotatable bonds is 7. The first-order valence-electron chi connectivity index (χ1n) is 9.47. The van der Waals surface area contributed by atoms with Crippen molar-refractivity contribution in [2.75, 3.05) is 26.7 Å². The molecule has 0 aliphatic carbocycles. The van der Waals surface area contributed by atoms with E-state index in [0.29, 0.717) is 6.42 Å². The number of benzene rings is 2. The van der Waals surface area contributed by atoms with Crippen molar-refractivity contribution >= 4 is 5.91 Å². The molecule has 0 aromatic heterocycles.